The number of anilines is 1. The van der Waals surface area contributed by atoms with Gasteiger partial charge in [0.2, 0.25) is 10.0 Å². The van der Waals surface area contributed by atoms with Gasteiger partial charge in [-0.3, -0.25) is 0 Å². The lowest BCUT2D eigenvalue weighted by Crippen LogP contribution is -2.50. The molecule has 1 aromatic heterocycles. The zero-order chi connectivity index (χ0) is 13.2. The van der Waals surface area contributed by atoms with Crippen LogP contribution in [0.15, 0.2) is 23.2 Å². The van der Waals surface area contributed by atoms with Crippen LogP contribution in [0.2, 0.25) is 0 Å². The number of hydrogen-bond acceptors (Lipinski definition) is 4. The molecule has 18 heavy (non-hydrogen) atoms. The first-order valence-electron chi connectivity index (χ1n) is 6.20. The Kier molecular flexibility index (Phi) is 3.59. The molecular weight excluding hydrogens is 250 g/mol. The summed E-state index contributed by atoms with van der Waals surface area (Å²) < 4.78 is 27.5. The first-order chi connectivity index (χ1) is 8.47. The van der Waals surface area contributed by atoms with Crippen molar-refractivity contribution in [2.24, 2.45) is 0 Å². The molecule has 2 rings (SSSR count). The Morgan fingerprint density at radius 3 is 2.72 bits per heavy atom. The quantitative estimate of drug-likeness (QED) is 0.854. The summed E-state index contributed by atoms with van der Waals surface area (Å²) in [5.74, 6) is 0.412. The lowest BCUT2D eigenvalue weighted by molar-refractivity contribution is 0.248. The minimum Gasteiger partial charge on any atom is -0.369 e. The van der Waals surface area contributed by atoms with E-state index in [1.165, 1.54) is 0 Å². The van der Waals surface area contributed by atoms with Gasteiger partial charge in [-0.15, -0.1) is 0 Å². The zero-order valence-electron chi connectivity index (χ0n) is 10.7. The summed E-state index contributed by atoms with van der Waals surface area (Å²) in [7, 11) is -3.51. The summed E-state index contributed by atoms with van der Waals surface area (Å²) in [5, 5.41) is 2.97. The van der Waals surface area contributed by atoms with E-state index < -0.39 is 10.0 Å². The molecule has 1 heterocycles. The Morgan fingerprint density at radius 1 is 1.44 bits per heavy atom. The highest BCUT2D eigenvalue weighted by Gasteiger charge is 2.36. The van der Waals surface area contributed by atoms with Crippen molar-refractivity contribution in [2.75, 3.05) is 11.9 Å². The van der Waals surface area contributed by atoms with Crippen LogP contribution < -0.4 is 10.0 Å². The zero-order valence-corrected chi connectivity index (χ0v) is 11.5. The van der Waals surface area contributed by atoms with Gasteiger partial charge in [0.1, 0.15) is 10.7 Å². The van der Waals surface area contributed by atoms with Gasteiger partial charge in [-0.05, 0) is 45.2 Å². The molecule has 0 atom stereocenters. The monoisotopic (exact) mass is 269 g/mol. The van der Waals surface area contributed by atoms with Crippen molar-refractivity contribution >= 4 is 15.8 Å². The topological polar surface area (TPSA) is 71.1 Å². The van der Waals surface area contributed by atoms with Gasteiger partial charge in [0.15, 0.2) is 0 Å². The lowest BCUT2D eigenvalue weighted by Gasteiger charge is -2.38. The van der Waals surface area contributed by atoms with Gasteiger partial charge in [-0.2, -0.15) is 0 Å². The highest BCUT2D eigenvalue weighted by Crippen LogP contribution is 2.33. The average Bonchev–Trinajstić information content (AvgIpc) is 2.27. The molecule has 1 aromatic rings. The van der Waals surface area contributed by atoms with Crippen LogP contribution in [0, 0.1) is 0 Å². The fourth-order valence-corrected chi connectivity index (χ4v) is 3.70. The molecule has 0 aromatic carbocycles. The molecule has 1 saturated carbocycles. The Bertz CT molecular complexity index is 524. The van der Waals surface area contributed by atoms with E-state index in [1.807, 2.05) is 13.8 Å². The van der Waals surface area contributed by atoms with Gasteiger partial charge in [-0.25, -0.2) is 18.1 Å². The molecule has 100 valence electrons. The van der Waals surface area contributed by atoms with Gasteiger partial charge in [-0.1, -0.05) is 0 Å². The summed E-state index contributed by atoms with van der Waals surface area (Å²) >= 11 is 0. The fourth-order valence-electron chi connectivity index (χ4n) is 2.10. The Balaban J connectivity index is 2.29. The third kappa shape index (κ3) is 2.64. The summed E-state index contributed by atoms with van der Waals surface area (Å²) in [4.78, 5) is 4.30. The van der Waals surface area contributed by atoms with Crippen LogP contribution >= 0.6 is 0 Å². The molecule has 0 spiro atoms. The van der Waals surface area contributed by atoms with E-state index in [1.54, 1.807) is 18.3 Å². The molecule has 1 aliphatic carbocycles. The number of nitrogens with zero attached hydrogens (tertiary/aromatic N) is 1. The predicted octanol–water partition coefficient (Wildman–Crippen LogP) is 1.73. The van der Waals surface area contributed by atoms with Crippen LogP contribution in [0.25, 0.3) is 0 Å². The fraction of sp³-hybridized carbons (Fsp3) is 0.583. The van der Waals surface area contributed by atoms with Gasteiger partial charge in [0, 0.05) is 18.3 Å². The van der Waals surface area contributed by atoms with E-state index in [0.29, 0.717) is 12.4 Å². The van der Waals surface area contributed by atoms with Gasteiger partial charge < -0.3 is 5.32 Å². The summed E-state index contributed by atoms with van der Waals surface area (Å²) in [5.41, 5.74) is -0.293. The van der Waals surface area contributed by atoms with Crippen molar-refractivity contribution in [3.63, 3.8) is 0 Å². The molecule has 0 saturated heterocycles. The molecule has 0 radical (unpaired) electrons. The second kappa shape index (κ2) is 4.85. The van der Waals surface area contributed by atoms with Gasteiger partial charge in [0.05, 0.1) is 0 Å². The summed E-state index contributed by atoms with van der Waals surface area (Å²) in [6.07, 6.45) is 4.44. The smallest absolute Gasteiger partial charge is 0.244 e. The van der Waals surface area contributed by atoms with Crippen molar-refractivity contribution < 1.29 is 8.42 Å². The van der Waals surface area contributed by atoms with E-state index in [-0.39, 0.29) is 10.4 Å². The number of aromatic nitrogens is 1. The molecule has 1 fully saturated rings. The van der Waals surface area contributed by atoms with E-state index in [0.717, 1.165) is 19.3 Å². The maximum absolute atomic E-state index is 12.3. The van der Waals surface area contributed by atoms with E-state index in [2.05, 4.69) is 15.0 Å². The van der Waals surface area contributed by atoms with Crippen molar-refractivity contribution in [1.82, 2.24) is 9.71 Å². The second-order valence-electron chi connectivity index (χ2n) is 4.90. The van der Waals surface area contributed by atoms with Gasteiger partial charge in [0.25, 0.3) is 0 Å². The lowest BCUT2D eigenvalue weighted by atomic mass is 9.80. The van der Waals surface area contributed by atoms with E-state index in [9.17, 15) is 8.42 Å². The molecule has 0 aliphatic heterocycles. The minimum absolute atomic E-state index is 0.222. The molecule has 0 bridgehead atoms. The van der Waals surface area contributed by atoms with Crippen LogP contribution in [0.5, 0.6) is 0 Å². The van der Waals surface area contributed by atoms with Crippen molar-refractivity contribution in [1.29, 1.82) is 0 Å². The number of nitrogens with one attached hydrogen (secondary N) is 2. The Labute approximate surface area is 108 Å². The molecular formula is C12H19N3O2S. The Hall–Kier alpha value is -1.14. The van der Waals surface area contributed by atoms with Crippen LogP contribution in [0.1, 0.15) is 33.1 Å². The van der Waals surface area contributed by atoms with Crippen LogP contribution in [-0.2, 0) is 10.0 Å². The van der Waals surface area contributed by atoms with E-state index in [4.69, 9.17) is 0 Å². The molecule has 5 nitrogen and oxygen atoms in total. The normalized spacial score (nSPS) is 18.1. The largest absolute Gasteiger partial charge is 0.369 e. The Morgan fingerprint density at radius 2 is 2.17 bits per heavy atom. The number of rotatable bonds is 5. The first-order valence-corrected chi connectivity index (χ1v) is 7.68. The van der Waals surface area contributed by atoms with Crippen LogP contribution in [0.4, 0.5) is 5.82 Å². The highest BCUT2D eigenvalue weighted by molar-refractivity contribution is 7.89. The summed E-state index contributed by atoms with van der Waals surface area (Å²) in [6.45, 7) is 4.49. The number of hydrogen-bond donors (Lipinski definition) is 2. The minimum atomic E-state index is -3.51. The van der Waals surface area contributed by atoms with Crippen LogP contribution in [-0.4, -0.2) is 25.5 Å². The third-order valence-electron chi connectivity index (χ3n) is 3.24. The van der Waals surface area contributed by atoms with E-state index >= 15 is 0 Å². The van der Waals surface area contributed by atoms with Crippen LogP contribution in [0.3, 0.4) is 0 Å². The average molecular weight is 269 g/mol. The molecule has 6 heteroatoms. The highest BCUT2D eigenvalue weighted by atomic mass is 32.2. The van der Waals surface area contributed by atoms with Crippen molar-refractivity contribution in [3.05, 3.63) is 18.3 Å². The SMILES string of the molecule is CCNc1ncccc1S(=O)(=O)NC1(C)CCC1. The third-order valence-corrected chi connectivity index (χ3v) is 4.91. The first kappa shape index (κ1) is 13.3. The molecule has 2 N–H and O–H groups in total. The second-order valence-corrected chi connectivity index (χ2v) is 6.55. The van der Waals surface area contributed by atoms with Gasteiger partial charge >= 0.3 is 0 Å². The standard InChI is InChI=1S/C12H19N3O2S/c1-3-13-11-10(6-4-9-14-11)18(16,17)15-12(2)7-5-8-12/h4,6,9,15H,3,5,7-8H2,1-2H3,(H,13,14). The maximum Gasteiger partial charge on any atom is 0.244 e. The number of sulfonamides is 1. The molecule has 0 amide bonds. The maximum atomic E-state index is 12.3. The van der Waals surface area contributed by atoms with Crippen molar-refractivity contribution in [3.8, 4) is 0 Å². The molecule has 0 unspecified atom stereocenters. The van der Waals surface area contributed by atoms with Crippen molar-refractivity contribution in [2.45, 2.75) is 43.5 Å². The molecule has 1 aliphatic rings. The summed E-state index contributed by atoms with van der Waals surface area (Å²) in [6, 6.07) is 3.22. The predicted molar refractivity (Wildman–Crippen MR) is 71.0 cm³/mol. The number of pyridine rings is 1.